The summed E-state index contributed by atoms with van der Waals surface area (Å²) in [7, 11) is 3.73. The molecule has 0 radical (unpaired) electrons. The summed E-state index contributed by atoms with van der Waals surface area (Å²) in [5.74, 6) is 1.01. The van der Waals surface area contributed by atoms with Gasteiger partial charge in [-0.3, -0.25) is 0 Å². The van der Waals surface area contributed by atoms with Crippen LogP contribution in [0, 0.1) is 0 Å². The van der Waals surface area contributed by atoms with Crippen LogP contribution in [0.5, 0.6) is 0 Å². The van der Waals surface area contributed by atoms with Crippen molar-refractivity contribution in [3.05, 3.63) is 35.5 Å². The fourth-order valence-electron chi connectivity index (χ4n) is 1.49. The van der Waals surface area contributed by atoms with E-state index in [2.05, 4.69) is 9.97 Å². The van der Waals surface area contributed by atoms with E-state index in [-0.39, 0.29) is 0 Å². The van der Waals surface area contributed by atoms with Gasteiger partial charge in [0.25, 0.3) is 0 Å². The molecule has 4 nitrogen and oxygen atoms in total. The second kappa shape index (κ2) is 4.59. The maximum Gasteiger partial charge on any atom is 0.226 e. The third kappa shape index (κ3) is 2.31. The Kier molecular flexibility index (Phi) is 3.15. The maximum absolute atomic E-state index is 6.11. The van der Waals surface area contributed by atoms with Crippen LogP contribution in [0.15, 0.2) is 30.5 Å². The molecular weight excluding hydrogens is 236 g/mol. The number of halogens is 1. The Morgan fingerprint density at radius 3 is 2.47 bits per heavy atom. The van der Waals surface area contributed by atoms with Crippen molar-refractivity contribution in [1.82, 2.24) is 9.97 Å². The Bertz CT molecular complexity index is 540. The molecule has 0 amide bonds. The van der Waals surface area contributed by atoms with Gasteiger partial charge in [-0.15, -0.1) is 0 Å². The Hall–Kier alpha value is -1.81. The molecule has 2 rings (SSSR count). The maximum atomic E-state index is 6.11. The fraction of sp³-hybridized carbons (Fsp3) is 0.167. The molecule has 0 bridgehead atoms. The average Bonchev–Trinajstić information content (AvgIpc) is 2.30. The lowest BCUT2D eigenvalue weighted by molar-refractivity contribution is 1.00. The summed E-state index contributed by atoms with van der Waals surface area (Å²) in [6, 6.07) is 7.49. The monoisotopic (exact) mass is 248 g/mol. The van der Waals surface area contributed by atoms with Crippen LogP contribution in [0.2, 0.25) is 5.02 Å². The molecule has 88 valence electrons. The summed E-state index contributed by atoms with van der Waals surface area (Å²) in [5, 5.41) is 0.639. The zero-order chi connectivity index (χ0) is 12.4. The number of aromatic nitrogens is 2. The quantitative estimate of drug-likeness (QED) is 0.887. The summed E-state index contributed by atoms with van der Waals surface area (Å²) in [5.41, 5.74) is 7.52. The molecule has 17 heavy (non-hydrogen) atoms. The minimum atomic E-state index is 0.428. The van der Waals surface area contributed by atoms with Gasteiger partial charge in [-0.25, -0.2) is 4.98 Å². The van der Waals surface area contributed by atoms with Gasteiger partial charge in [0.2, 0.25) is 5.95 Å². The van der Waals surface area contributed by atoms with Crippen molar-refractivity contribution < 1.29 is 0 Å². The molecule has 5 heteroatoms. The highest BCUT2D eigenvalue weighted by atomic mass is 35.5. The Balaban J connectivity index is 2.51. The van der Waals surface area contributed by atoms with Gasteiger partial charge in [0.15, 0.2) is 0 Å². The summed E-state index contributed by atoms with van der Waals surface area (Å²) in [6.07, 6.45) is 1.69. The van der Waals surface area contributed by atoms with Gasteiger partial charge < -0.3 is 10.6 Å². The molecule has 0 fully saturated rings. The van der Waals surface area contributed by atoms with Gasteiger partial charge in [-0.05, 0) is 6.07 Å². The highest BCUT2D eigenvalue weighted by molar-refractivity contribution is 6.33. The van der Waals surface area contributed by atoms with E-state index in [0.717, 1.165) is 11.1 Å². The van der Waals surface area contributed by atoms with Crippen LogP contribution >= 0.6 is 11.6 Å². The smallest absolute Gasteiger partial charge is 0.226 e. The zero-order valence-corrected chi connectivity index (χ0v) is 10.4. The van der Waals surface area contributed by atoms with Gasteiger partial charge in [-0.1, -0.05) is 29.8 Å². The molecule has 1 aromatic carbocycles. The number of anilines is 2. The van der Waals surface area contributed by atoms with Crippen molar-refractivity contribution in [2.75, 3.05) is 24.7 Å². The molecule has 1 aromatic heterocycles. The number of nitrogens with two attached hydrogens (primary N) is 1. The molecular formula is C12H13ClN4. The lowest BCUT2D eigenvalue weighted by Gasteiger charge is -2.12. The third-order valence-electron chi connectivity index (χ3n) is 2.37. The van der Waals surface area contributed by atoms with Crippen LogP contribution in [0.25, 0.3) is 11.1 Å². The Morgan fingerprint density at radius 1 is 1.18 bits per heavy atom. The molecule has 0 atom stereocenters. The minimum Gasteiger partial charge on any atom is -0.383 e. The molecule has 0 unspecified atom stereocenters. The van der Waals surface area contributed by atoms with E-state index >= 15 is 0 Å². The van der Waals surface area contributed by atoms with Crippen molar-refractivity contribution in [3.8, 4) is 11.1 Å². The normalized spacial score (nSPS) is 10.3. The standard InChI is InChI=1S/C12H13ClN4/c1-17(2)12-15-7-9(11(14)16-12)8-5-3-4-6-10(8)13/h3-7H,1-2H3,(H2,14,15,16). The van der Waals surface area contributed by atoms with E-state index in [1.54, 1.807) is 11.1 Å². The van der Waals surface area contributed by atoms with Gasteiger partial charge in [0.1, 0.15) is 5.82 Å². The van der Waals surface area contributed by atoms with E-state index in [1.165, 1.54) is 0 Å². The first-order valence-electron chi connectivity index (χ1n) is 5.14. The average molecular weight is 249 g/mol. The van der Waals surface area contributed by atoms with Gasteiger partial charge in [0.05, 0.1) is 0 Å². The van der Waals surface area contributed by atoms with Crippen LogP contribution in [-0.2, 0) is 0 Å². The van der Waals surface area contributed by atoms with Crippen molar-refractivity contribution >= 4 is 23.4 Å². The molecule has 2 N–H and O–H groups in total. The third-order valence-corrected chi connectivity index (χ3v) is 2.70. The summed E-state index contributed by atoms with van der Waals surface area (Å²) in [4.78, 5) is 10.3. The van der Waals surface area contributed by atoms with Crippen molar-refractivity contribution in [2.24, 2.45) is 0 Å². The minimum absolute atomic E-state index is 0.428. The largest absolute Gasteiger partial charge is 0.383 e. The second-order valence-electron chi connectivity index (χ2n) is 3.84. The number of hydrogen-bond donors (Lipinski definition) is 1. The van der Waals surface area contributed by atoms with Crippen LogP contribution in [0.4, 0.5) is 11.8 Å². The number of benzene rings is 1. The van der Waals surface area contributed by atoms with Crippen molar-refractivity contribution in [2.45, 2.75) is 0 Å². The number of hydrogen-bond acceptors (Lipinski definition) is 4. The van der Waals surface area contributed by atoms with Crippen LogP contribution in [-0.4, -0.2) is 24.1 Å². The summed E-state index contributed by atoms with van der Waals surface area (Å²) in [6.45, 7) is 0. The van der Waals surface area contributed by atoms with E-state index in [1.807, 2.05) is 38.4 Å². The molecule has 0 saturated heterocycles. The predicted octanol–water partition coefficient (Wildman–Crippen LogP) is 2.45. The topological polar surface area (TPSA) is 55.0 Å². The molecule has 2 aromatic rings. The lowest BCUT2D eigenvalue weighted by atomic mass is 10.1. The molecule has 0 aliphatic carbocycles. The molecule has 0 saturated carbocycles. The van der Waals surface area contributed by atoms with E-state index in [4.69, 9.17) is 17.3 Å². The Labute approximate surface area is 105 Å². The number of rotatable bonds is 2. The van der Waals surface area contributed by atoms with E-state index in [0.29, 0.717) is 16.8 Å². The molecule has 0 aliphatic rings. The van der Waals surface area contributed by atoms with Crippen LogP contribution in [0.1, 0.15) is 0 Å². The van der Waals surface area contributed by atoms with E-state index < -0.39 is 0 Å². The first-order chi connectivity index (χ1) is 8.09. The molecule has 0 aliphatic heterocycles. The first-order valence-corrected chi connectivity index (χ1v) is 5.52. The summed E-state index contributed by atoms with van der Waals surface area (Å²) >= 11 is 6.11. The highest BCUT2D eigenvalue weighted by Crippen LogP contribution is 2.30. The number of nitrogen functional groups attached to an aromatic ring is 1. The number of nitrogens with zero attached hydrogens (tertiary/aromatic N) is 3. The van der Waals surface area contributed by atoms with Gasteiger partial charge in [0, 0.05) is 36.4 Å². The Morgan fingerprint density at radius 2 is 1.88 bits per heavy atom. The van der Waals surface area contributed by atoms with E-state index in [9.17, 15) is 0 Å². The van der Waals surface area contributed by atoms with Gasteiger partial charge in [-0.2, -0.15) is 4.98 Å². The predicted molar refractivity (Wildman–Crippen MR) is 71.2 cm³/mol. The zero-order valence-electron chi connectivity index (χ0n) is 9.68. The van der Waals surface area contributed by atoms with Crippen molar-refractivity contribution in [1.29, 1.82) is 0 Å². The van der Waals surface area contributed by atoms with Crippen LogP contribution in [0.3, 0.4) is 0 Å². The lowest BCUT2D eigenvalue weighted by Crippen LogP contribution is -2.13. The first kappa shape index (κ1) is 11.7. The van der Waals surface area contributed by atoms with Crippen molar-refractivity contribution in [3.63, 3.8) is 0 Å². The highest BCUT2D eigenvalue weighted by Gasteiger charge is 2.10. The fourth-order valence-corrected chi connectivity index (χ4v) is 1.73. The summed E-state index contributed by atoms with van der Waals surface area (Å²) < 4.78 is 0. The van der Waals surface area contributed by atoms with Crippen LogP contribution < -0.4 is 10.6 Å². The van der Waals surface area contributed by atoms with Gasteiger partial charge >= 0.3 is 0 Å². The molecule has 0 spiro atoms. The second-order valence-corrected chi connectivity index (χ2v) is 4.25. The SMILES string of the molecule is CN(C)c1ncc(-c2ccccc2Cl)c(N)n1. The molecule has 1 heterocycles.